The van der Waals surface area contributed by atoms with E-state index in [0.29, 0.717) is 74.9 Å². The van der Waals surface area contributed by atoms with Crippen molar-refractivity contribution >= 4 is 35.0 Å². The average Bonchev–Trinajstić information content (AvgIpc) is 3.80. The Balaban J connectivity index is 1.12. The van der Waals surface area contributed by atoms with Crippen LogP contribution in [0, 0.1) is 25.5 Å². The second-order valence-electron chi connectivity index (χ2n) is 12.6. The number of imidazole rings is 1. The molecule has 13 nitrogen and oxygen atoms in total. The molecule has 3 amide bonds. The van der Waals surface area contributed by atoms with Crippen LogP contribution in [0.5, 0.6) is 0 Å². The molecule has 3 N–H and O–H groups in total. The molecule has 2 atom stereocenters. The number of aliphatic hydroxyl groups excluding tert-OH is 1. The molecule has 2 saturated heterocycles. The highest BCUT2D eigenvalue weighted by Crippen LogP contribution is 2.35. The van der Waals surface area contributed by atoms with Gasteiger partial charge in [-0.25, -0.2) is 13.8 Å². The fraction of sp³-hybridized carbons (Fsp3) is 0.400. The number of aliphatic hydroxyl groups is 1. The zero-order valence-electron chi connectivity index (χ0n) is 28.7. The van der Waals surface area contributed by atoms with Gasteiger partial charge in [0.1, 0.15) is 6.04 Å². The van der Waals surface area contributed by atoms with E-state index >= 15 is 8.78 Å². The number of rotatable bonds is 9. The molecule has 2 aliphatic heterocycles. The van der Waals surface area contributed by atoms with Crippen LogP contribution in [-0.2, 0) is 23.1 Å². The van der Waals surface area contributed by atoms with E-state index in [1.54, 1.807) is 35.4 Å². The van der Waals surface area contributed by atoms with Gasteiger partial charge in [0.25, 0.3) is 11.8 Å². The highest BCUT2D eigenvalue weighted by molar-refractivity contribution is 6.34. The molecule has 0 saturated carbocycles. The van der Waals surface area contributed by atoms with Crippen molar-refractivity contribution in [3.8, 4) is 22.4 Å². The van der Waals surface area contributed by atoms with Gasteiger partial charge in [-0.05, 0) is 51.1 Å². The number of carbonyl (C=O) groups excluding carboxylic acids is 3. The van der Waals surface area contributed by atoms with Crippen molar-refractivity contribution in [2.24, 2.45) is 7.05 Å². The molecule has 0 bridgehead atoms. The summed E-state index contributed by atoms with van der Waals surface area (Å²) in [7, 11) is 3.09. The van der Waals surface area contributed by atoms with E-state index in [1.165, 1.54) is 48.1 Å². The second kappa shape index (κ2) is 14.9. The summed E-state index contributed by atoms with van der Waals surface area (Å²) in [6.07, 6.45) is 1.09. The number of carbonyl (C=O) groups is 3. The molecule has 4 aromatic rings. The van der Waals surface area contributed by atoms with Crippen molar-refractivity contribution in [2.75, 3.05) is 51.8 Å². The number of benzene rings is 2. The Bertz CT molecular complexity index is 1990. The van der Waals surface area contributed by atoms with Crippen molar-refractivity contribution in [1.82, 2.24) is 34.4 Å². The third-order valence-electron chi connectivity index (χ3n) is 9.50. The van der Waals surface area contributed by atoms with E-state index in [2.05, 4.69) is 20.7 Å². The van der Waals surface area contributed by atoms with E-state index in [-0.39, 0.29) is 45.0 Å². The number of aryl methyl sites for hydroxylation is 1. The summed E-state index contributed by atoms with van der Waals surface area (Å²) in [6, 6.07) is 6.79. The number of nitrogens with one attached hydrogen (secondary N) is 2. The maximum absolute atomic E-state index is 15.6. The summed E-state index contributed by atoms with van der Waals surface area (Å²) in [6.45, 7) is 6.24. The predicted molar refractivity (Wildman–Crippen MR) is 185 cm³/mol. The molecule has 0 aliphatic carbocycles. The minimum atomic E-state index is -1.09. The van der Waals surface area contributed by atoms with Gasteiger partial charge in [0, 0.05) is 68.4 Å². The molecule has 16 heteroatoms. The Kier molecular flexibility index (Phi) is 10.5. The van der Waals surface area contributed by atoms with Crippen molar-refractivity contribution in [2.45, 2.75) is 39.0 Å². The van der Waals surface area contributed by atoms with Crippen LogP contribution in [-0.4, -0.2) is 111 Å². The van der Waals surface area contributed by atoms with Crippen molar-refractivity contribution in [3.63, 3.8) is 0 Å². The highest BCUT2D eigenvalue weighted by Gasteiger charge is 2.36. The molecule has 2 fully saturated rings. The van der Waals surface area contributed by atoms with Crippen LogP contribution in [0.1, 0.15) is 38.8 Å². The summed E-state index contributed by atoms with van der Waals surface area (Å²) in [5.74, 6) is -3.32. The molecule has 2 aromatic carbocycles. The molecule has 0 unspecified atom stereocenters. The Hall–Kier alpha value is -4.70. The molecule has 0 radical (unpaired) electrons. The smallest absolute Gasteiger partial charge is 0.291 e. The lowest BCUT2D eigenvalue weighted by molar-refractivity contribution is -0.136. The maximum Gasteiger partial charge on any atom is 0.291 e. The zero-order chi connectivity index (χ0) is 36.6. The van der Waals surface area contributed by atoms with Crippen LogP contribution in [0.3, 0.4) is 0 Å². The number of hydrogen-bond acceptors (Lipinski definition) is 8. The van der Waals surface area contributed by atoms with Crippen molar-refractivity contribution in [3.05, 3.63) is 76.0 Å². The molecule has 4 heterocycles. The quantitative estimate of drug-likeness (QED) is 0.238. The number of nitrogens with zero attached hydrogens (tertiary/aromatic N) is 6. The predicted octanol–water partition coefficient (Wildman–Crippen LogP) is 3.40. The van der Waals surface area contributed by atoms with Crippen LogP contribution < -0.4 is 10.6 Å². The van der Waals surface area contributed by atoms with Gasteiger partial charge in [0.15, 0.2) is 17.5 Å². The number of anilines is 1. The number of piperazine rings is 1. The molecule has 2 aliphatic rings. The first-order chi connectivity index (χ1) is 24.4. The van der Waals surface area contributed by atoms with Crippen LogP contribution in [0.4, 0.5) is 14.5 Å². The third-order valence-corrected chi connectivity index (χ3v) is 9.81. The third kappa shape index (κ3) is 6.98. The first-order valence-corrected chi connectivity index (χ1v) is 16.9. The number of hydrogen-bond donors (Lipinski definition) is 3. The lowest BCUT2D eigenvalue weighted by Crippen LogP contribution is -2.55. The van der Waals surface area contributed by atoms with Crippen LogP contribution >= 0.6 is 11.6 Å². The monoisotopic (exact) mass is 724 g/mol. The van der Waals surface area contributed by atoms with Gasteiger partial charge < -0.3 is 34.8 Å². The Morgan fingerprint density at radius 3 is 2.41 bits per heavy atom. The van der Waals surface area contributed by atoms with E-state index in [4.69, 9.17) is 16.3 Å². The molecule has 270 valence electrons. The molecule has 51 heavy (non-hydrogen) atoms. The van der Waals surface area contributed by atoms with E-state index < -0.39 is 29.7 Å². The van der Waals surface area contributed by atoms with Crippen molar-refractivity contribution < 1.29 is 33.0 Å². The Morgan fingerprint density at radius 1 is 1.06 bits per heavy atom. The molecule has 2 aromatic heterocycles. The molecular weight excluding hydrogens is 686 g/mol. The topological polar surface area (TPSA) is 147 Å². The number of methoxy groups -OCH3 is 1. The minimum Gasteiger partial charge on any atom is -0.391 e. The van der Waals surface area contributed by atoms with E-state index in [9.17, 15) is 19.5 Å². The first-order valence-electron chi connectivity index (χ1n) is 16.5. The summed E-state index contributed by atoms with van der Waals surface area (Å²) in [5.41, 5.74) is 2.44. The summed E-state index contributed by atoms with van der Waals surface area (Å²) < 4.78 is 39.4. The molecular formula is C35H39ClF2N8O5. The zero-order valence-corrected chi connectivity index (χ0v) is 29.4. The van der Waals surface area contributed by atoms with Crippen molar-refractivity contribution in [1.29, 1.82) is 0 Å². The van der Waals surface area contributed by atoms with Gasteiger partial charge in [-0.15, -0.1) is 0 Å². The maximum atomic E-state index is 15.6. The number of halogens is 3. The van der Waals surface area contributed by atoms with Gasteiger partial charge in [-0.1, -0.05) is 17.7 Å². The number of aromatic nitrogens is 4. The highest BCUT2D eigenvalue weighted by atomic mass is 35.5. The van der Waals surface area contributed by atoms with Crippen LogP contribution in [0.25, 0.3) is 22.4 Å². The lowest BCUT2D eigenvalue weighted by atomic mass is 10.00. The van der Waals surface area contributed by atoms with E-state index in [1.807, 2.05) is 0 Å². The standard InChI is InChI=1S/C35H39ClF2N8O5/c1-19-28(20(2)46(42-19)15-16-51-4)24-8-7-23(29(37)30(24)38)26-18-40-32(43(26)3)33(48)41-21-5-6-22(25(36)17-21)34(49)44-11-13-45(14-12-44)35(50)31-27(47)9-10-39-31/h5-8,17-18,27,31,39,47H,9-16H2,1-4H3,(H,41,48)/t27-,31-/m0/s1. The van der Waals surface area contributed by atoms with Crippen LogP contribution in [0.2, 0.25) is 5.02 Å². The van der Waals surface area contributed by atoms with Gasteiger partial charge in [0.2, 0.25) is 5.91 Å². The van der Waals surface area contributed by atoms with E-state index in [0.717, 1.165) is 0 Å². The SMILES string of the molecule is COCCn1nc(C)c(-c2ccc(-c3cnc(C(=O)Nc4ccc(C(=O)N5CCN(C(=O)[C@H]6NCC[C@@H]6O)CC5)c(Cl)c4)n3C)c(F)c2F)c1C. The fourth-order valence-electron chi connectivity index (χ4n) is 6.68. The summed E-state index contributed by atoms with van der Waals surface area (Å²) in [5, 5.41) is 20.3. The van der Waals surface area contributed by atoms with Gasteiger partial charge in [-0.3, -0.25) is 19.1 Å². The van der Waals surface area contributed by atoms with Gasteiger partial charge in [-0.2, -0.15) is 5.10 Å². The summed E-state index contributed by atoms with van der Waals surface area (Å²) in [4.78, 5) is 46.7. The minimum absolute atomic E-state index is 0.0657. The fourth-order valence-corrected chi connectivity index (χ4v) is 6.95. The molecule has 6 rings (SSSR count). The molecule has 0 spiro atoms. The first kappa shape index (κ1) is 36.1. The van der Waals surface area contributed by atoms with Gasteiger partial charge >= 0.3 is 0 Å². The number of ether oxygens (including phenoxy) is 1. The Labute approximate surface area is 298 Å². The largest absolute Gasteiger partial charge is 0.391 e. The lowest BCUT2D eigenvalue weighted by Gasteiger charge is -2.36. The Morgan fingerprint density at radius 2 is 1.75 bits per heavy atom. The second-order valence-corrected chi connectivity index (χ2v) is 13.0. The van der Waals surface area contributed by atoms with Crippen LogP contribution in [0.15, 0.2) is 36.5 Å². The number of amides is 3. The van der Waals surface area contributed by atoms with Gasteiger partial charge in [0.05, 0.1) is 47.4 Å². The summed E-state index contributed by atoms with van der Waals surface area (Å²) >= 11 is 6.49. The normalized spacial score (nSPS) is 17.6. The average molecular weight is 725 g/mol.